The van der Waals surface area contributed by atoms with E-state index in [1.54, 1.807) is 24.0 Å². The van der Waals surface area contributed by atoms with Crippen molar-refractivity contribution in [2.45, 2.75) is 20.4 Å². The summed E-state index contributed by atoms with van der Waals surface area (Å²) < 4.78 is 13.3. The van der Waals surface area contributed by atoms with Gasteiger partial charge in [-0.05, 0) is 49.2 Å². The number of halogens is 2. The Hall–Kier alpha value is -1.87. The summed E-state index contributed by atoms with van der Waals surface area (Å²) in [7, 11) is 0. The molecule has 0 N–H and O–H groups in total. The molecule has 0 aromatic heterocycles. The fourth-order valence-corrected chi connectivity index (χ4v) is 2.32. The van der Waals surface area contributed by atoms with Crippen LogP contribution < -0.4 is 0 Å². The molecule has 2 nitrogen and oxygen atoms in total. The predicted molar refractivity (Wildman–Crippen MR) is 83.0 cm³/mol. The highest BCUT2D eigenvalue weighted by Gasteiger charge is 2.16. The maximum Gasteiger partial charge on any atom is 0.254 e. The molecule has 1 amide bonds. The number of hydrogen-bond donors (Lipinski definition) is 0. The van der Waals surface area contributed by atoms with Crippen LogP contribution in [-0.2, 0) is 6.54 Å². The standard InChI is InChI=1S/C17H17ClFNO/c1-3-20(11-14-6-4-5-7-15(14)18)17(21)13-8-9-16(19)12(2)10-13/h4-10H,3,11H2,1-2H3. The minimum atomic E-state index is -0.305. The molecular weight excluding hydrogens is 289 g/mol. The van der Waals surface area contributed by atoms with Crippen LogP contribution in [0.2, 0.25) is 5.02 Å². The van der Waals surface area contributed by atoms with E-state index in [2.05, 4.69) is 0 Å². The number of nitrogens with zero attached hydrogens (tertiary/aromatic N) is 1. The molecule has 0 atom stereocenters. The van der Waals surface area contributed by atoms with Crippen molar-refractivity contribution in [2.24, 2.45) is 0 Å². The molecule has 0 fully saturated rings. The zero-order valence-corrected chi connectivity index (χ0v) is 12.8. The van der Waals surface area contributed by atoms with E-state index >= 15 is 0 Å². The highest BCUT2D eigenvalue weighted by molar-refractivity contribution is 6.31. The fraction of sp³-hybridized carbons (Fsp3) is 0.235. The third-order valence-corrected chi connectivity index (χ3v) is 3.76. The molecule has 0 heterocycles. The lowest BCUT2D eigenvalue weighted by Gasteiger charge is -2.22. The Bertz CT molecular complexity index is 657. The van der Waals surface area contributed by atoms with E-state index in [1.807, 2.05) is 25.1 Å². The SMILES string of the molecule is CCN(Cc1ccccc1Cl)C(=O)c1ccc(F)c(C)c1. The Balaban J connectivity index is 2.22. The van der Waals surface area contributed by atoms with Crippen LogP contribution in [0.15, 0.2) is 42.5 Å². The zero-order chi connectivity index (χ0) is 15.4. The van der Waals surface area contributed by atoms with E-state index in [1.165, 1.54) is 12.1 Å². The lowest BCUT2D eigenvalue weighted by Crippen LogP contribution is -2.30. The van der Waals surface area contributed by atoms with Gasteiger partial charge in [0.05, 0.1) is 0 Å². The fourth-order valence-electron chi connectivity index (χ4n) is 2.12. The summed E-state index contributed by atoms with van der Waals surface area (Å²) in [5, 5.41) is 0.638. The molecule has 2 aromatic rings. The summed E-state index contributed by atoms with van der Waals surface area (Å²) in [6.45, 7) is 4.55. The van der Waals surface area contributed by atoms with Crippen molar-refractivity contribution in [3.63, 3.8) is 0 Å². The molecule has 0 radical (unpaired) electrons. The van der Waals surface area contributed by atoms with Gasteiger partial charge in [0.1, 0.15) is 5.82 Å². The zero-order valence-electron chi connectivity index (χ0n) is 12.1. The summed E-state index contributed by atoms with van der Waals surface area (Å²) >= 11 is 6.13. The lowest BCUT2D eigenvalue weighted by molar-refractivity contribution is 0.0752. The Morgan fingerprint density at radius 1 is 1.24 bits per heavy atom. The van der Waals surface area contributed by atoms with Gasteiger partial charge in [0.25, 0.3) is 5.91 Å². The number of carbonyl (C=O) groups excluding carboxylic acids is 1. The van der Waals surface area contributed by atoms with E-state index in [4.69, 9.17) is 11.6 Å². The van der Waals surface area contributed by atoms with Gasteiger partial charge in [0, 0.05) is 23.7 Å². The third-order valence-electron chi connectivity index (χ3n) is 3.39. The summed E-state index contributed by atoms with van der Waals surface area (Å²) in [4.78, 5) is 14.2. The summed E-state index contributed by atoms with van der Waals surface area (Å²) in [5.41, 5.74) is 1.85. The minimum Gasteiger partial charge on any atom is -0.335 e. The van der Waals surface area contributed by atoms with Gasteiger partial charge in [-0.3, -0.25) is 4.79 Å². The largest absolute Gasteiger partial charge is 0.335 e. The van der Waals surface area contributed by atoms with E-state index < -0.39 is 0 Å². The topological polar surface area (TPSA) is 20.3 Å². The van der Waals surface area contributed by atoms with Crippen molar-refractivity contribution in [3.05, 3.63) is 70.0 Å². The van der Waals surface area contributed by atoms with Crippen LogP contribution in [0.25, 0.3) is 0 Å². The van der Waals surface area contributed by atoms with Gasteiger partial charge in [-0.15, -0.1) is 0 Å². The van der Waals surface area contributed by atoms with Crippen molar-refractivity contribution < 1.29 is 9.18 Å². The van der Waals surface area contributed by atoms with Crippen LogP contribution in [0.4, 0.5) is 4.39 Å². The first-order chi connectivity index (χ1) is 10.0. The minimum absolute atomic E-state index is 0.125. The molecular formula is C17H17ClFNO. The molecule has 4 heteroatoms. The Morgan fingerprint density at radius 3 is 2.57 bits per heavy atom. The third kappa shape index (κ3) is 3.61. The number of hydrogen-bond acceptors (Lipinski definition) is 1. The molecule has 0 aliphatic heterocycles. The second kappa shape index (κ2) is 6.72. The van der Waals surface area contributed by atoms with Crippen molar-refractivity contribution in [3.8, 4) is 0 Å². The van der Waals surface area contributed by atoms with Crippen LogP contribution in [0.5, 0.6) is 0 Å². The number of rotatable bonds is 4. The first-order valence-electron chi connectivity index (χ1n) is 6.81. The number of benzene rings is 2. The molecule has 110 valence electrons. The highest BCUT2D eigenvalue weighted by Crippen LogP contribution is 2.19. The Labute approximate surface area is 129 Å². The van der Waals surface area contributed by atoms with Gasteiger partial charge in [0.2, 0.25) is 0 Å². The number of carbonyl (C=O) groups is 1. The van der Waals surface area contributed by atoms with Crippen LogP contribution >= 0.6 is 11.6 Å². The average Bonchev–Trinajstić information content (AvgIpc) is 2.48. The lowest BCUT2D eigenvalue weighted by atomic mass is 10.1. The van der Waals surface area contributed by atoms with Crippen molar-refractivity contribution in [1.82, 2.24) is 4.90 Å². The second-order valence-electron chi connectivity index (χ2n) is 4.87. The van der Waals surface area contributed by atoms with Gasteiger partial charge in [-0.1, -0.05) is 29.8 Å². The molecule has 0 saturated heterocycles. The molecule has 2 rings (SSSR count). The maximum absolute atomic E-state index is 13.3. The molecule has 0 spiro atoms. The van der Waals surface area contributed by atoms with Gasteiger partial charge >= 0.3 is 0 Å². The predicted octanol–water partition coefficient (Wildman–Crippen LogP) is 4.45. The molecule has 0 unspecified atom stereocenters. The molecule has 0 aliphatic carbocycles. The monoisotopic (exact) mass is 305 g/mol. The average molecular weight is 306 g/mol. The van der Waals surface area contributed by atoms with E-state index in [0.717, 1.165) is 5.56 Å². The molecule has 0 bridgehead atoms. The van der Waals surface area contributed by atoms with Gasteiger partial charge < -0.3 is 4.90 Å². The number of amides is 1. The summed E-state index contributed by atoms with van der Waals surface area (Å²) in [6.07, 6.45) is 0. The maximum atomic E-state index is 13.3. The Morgan fingerprint density at radius 2 is 1.95 bits per heavy atom. The summed E-state index contributed by atoms with van der Waals surface area (Å²) in [6, 6.07) is 11.9. The highest BCUT2D eigenvalue weighted by atomic mass is 35.5. The molecule has 0 aliphatic rings. The molecule has 2 aromatic carbocycles. The smallest absolute Gasteiger partial charge is 0.254 e. The first-order valence-corrected chi connectivity index (χ1v) is 7.19. The Kier molecular flexibility index (Phi) is 4.97. The van der Waals surface area contributed by atoms with Crippen LogP contribution in [-0.4, -0.2) is 17.4 Å². The van der Waals surface area contributed by atoms with Crippen LogP contribution in [0, 0.1) is 12.7 Å². The van der Waals surface area contributed by atoms with Crippen molar-refractivity contribution in [1.29, 1.82) is 0 Å². The van der Waals surface area contributed by atoms with Gasteiger partial charge in [-0.25, -0.2) is 4.39 Å². The number of aryl methyl sites for hydroxylation is 1. The molecule has 21 heavy (non-hydrogen) atoms. The van der Waals surface area contributed by atoms with Crippen LogP contribution in [0.1, 0.15) is 28.4 Å². The van der Waals surface area contributed by atoms with E-state index in [-0.39, 0.29) is 11.7 Å². The van der Waals surface area contributed by atoms with Crippen LogP contribution in [0.3, 0.4) is 0 Å². The molecule has 0 saturated carbocycles. The second-order valence-corrected chi connectivity index (χ2v) is 5.28. The van der Waals surface area contributed by atoms with Crippen molar-refractivity contribution >= 4 is 17.5 Å². The van der Waals surface area contributed by atoms with Gasteiger partial charge in [0.15, 0.2) is 0 Å². The first kappa shape index (κ1) is 15.5. The van der Waals surface area contributed by atoms with E-state index in [9.17, 15) is 9.18 Å². The van der Waals surface area contributed by atoms with Crippen molar-refractivity contribution in [2.75, 3.05) is 6.54 Å². The van der Waals surface area contributed by atoms with Gasteiger partial charge in [-0.2, -0.15) is 0 Å². The normalized spacial score (nSPS) is 10.5. The quantitative estimate of drug-likeness (QED) is 0.817. The summed E-state index contributed by atoms with van der Waals surface area (Å²) in [5.74, 6) is -0.429. The van der Waals surface area contributed by atoms with E-state index in [0.29, 0.717) is 29.2 Å².